The van der Waals surface area contributed by atoms with Crippen LogP contribution in [0.25, 0.3) is 0 Å². The molecule has 2 N–H and O–H groups in total. The number of anilines is 1. The summed E-state index contributed by atoms with van der Waals surface area (Å²) in [5.74, 6) is 1.69. The third kappa shape index (κ3) is 4.90. The van der Waals surface area contributed by atoms with E-state index in [1.807, 2.05) is 29.2 Å². The first-order valence-electron chi connectivity index (χ1n) is 9.85. The van der Waals surface area contributed by atoms with Crippen LogP contribution in [0.5, 0.6) is 5.75 Å². The Morgan fingerprint density at radius 1 is 1.27 bits per heavy atom. The molecule has 6 nitrogen and oxygen atoms in total. The molecule has 0 radical (unpaired) electrons. The number of carbonyl (C=O) groups is 1. The fourth-order valence-electron chi connectivity index (χ4n) is 3.58. The van der Waals surface area contributed by atoms with Crippen molar-refractivity contribution in [3.8, 4) is 5.75 Å². The van der Waals surface area contributed by atoms with Crippen molar-refractivity contribution in [3.63, 3.8) is 0 Å². The lowest BCUT2D eigenvalue weighted by Gasteiger charge is -2.29. The molecule has 0 aromatic heterocycles. The monoisotopic (exact) mass is 358 g/mol. The van der Waals surface area contributed by atoms with Crippen LogP contribution in [0.4, 0.5) is 5.69 Å². The molecule has 3 rings (SSSR count). The Labute approximate surface area is 156 Å². The Bertz CT molecular complexity index is 626. The highest BCUT2D eigenvalue weighted by atomic mass is 16.5. The van der Waals surface area contributed by atoms with Gasteiger partial charge in [-0.2, -0.15) is 0 Å². The summed E-state index contributed by atoms with van der Waals surface area (Å²) in [6.07, 6.45) is 7.22. The maximum atomic E-state index is 12.2. The second-order valence-corrected chi connectivity index (χ2v) is 6.90. The first-order chi connectivity index (χ1) is 12.8. The zero-order chi connectivity index (χ0) is 18.2. The van der Waals surface area contributed by atoms with E-state index in [1.54, 1.807) is 0 Å². The van der Waals surface area contributed by atoms with Crippen molar-refractivity contribution < 1.29 is 9.53 Å². The van der Waals surface area contributed by atoms with Crippen molar-refractivity contribution >= 4 is 17.6 Å². The Morgan fingerprint density at radius 3 is 2.88 bits per heavy atom. The van der Waals surface area contributed by atoms with Gasteiger partial charge in [0, 0.05) is 25.7 Å². The molecule has 0 spiro atoms. The molecular formula is C20H30N4O2. The molecule has 2 aliphatic rings. The van der Waals surface area contributed by atoms with Crippen molar-refractivity contribution in [3.05, 3.63) is 24.3 Å². The molecule has 0 unspecified atom stereocenters. The number of hydrogen-bond acceptors (Lipinski definition) is 3. The van der Waals surface area contributed by atoms with Crippen LogP contribution in [-0.4, -0.2) is 44.1 Å². The first-order valence-corrected chi connectivity index (χ1v) is 9.85. The number of nitrogens with zero attached hydrogens (tertiary/aromatic N) is 2. The highest BCUT2D eigenvalue weighted by Gasteiger charge is 2.24. The SMILES string of the molecule is CCNC(=NCCCN1C(=O)COc2ccccc21)NC1CCCCC1. The van der Waals surface area contributed by atoms with E-state index in [0.29, 0.717) is 19.1 Å². The minimum absolute atomic E-state index is 0.0138. The van der Waals surface area contributed by atoms with E-state index in [9.17, 15) is 4.79 Å². The quantitative estimate of drug-likeness (QED) is 0.466. The van der Waals surface area contributed by atoms with E-state index in [1.165, 1.54) is 32.1 Å². The van der Waals surface area contributed by atoms with Gasteiger partial charge in [-0.25, -0.2) is 0 Å². The molecule has 1 heterocycles. The molecule has 1 aromatic rings. The van der Waals surface area contributed by atoms with Gasteiger partial charge in [0.15, 0.2) is 12.6 Å². The molecule has 1 aliphatic carbocycles. The zero-order valence-corrected chi connectivity index (χ0v) is 15.7. The molecule has 1 saturated carbocycles. The number of benzene rings is 1. The lowest BCUT2D eigenvalue weighted by molar-refractivity contribution is -0.121. The molecule has 0 atom stereocenters. The summed E-state index contributed by atoms with van der Waals surface area (Å²) in [6.45, 7) is 4.40. The van der Waals surface area contributed by atoms with Gasteiger partial charge >= 0.3 is 0 Å². The molecule has 6 heteroatoms. The molecule has 1 amide bonds. The number of carbonyl (C=O) groups excluding carboxylic acids is 1. The Hall–Kier alpha value is -2.24. The smallest absolute Gasteiger partial charge is 0.265 e. The highest BCUT2D eigenvalue weighted by molar-refractivity contribution is 5.97. The number of hydrogen-bond donors (Lipinski definition) is 2. The van der Waals surface area contributed by atoms with Crippen LogP contribution in [0.15, 0.2) is 29.3 Å². The predicted molar refractivity (Wildman–Crippen MR) is 105 cm³/mol. The van der Waals surface area contributed by atoms with Crippen LogP contribution in [-0.2, 0) is 4.79 Å². The third-order valence-corrected chi connectivity index (χ3v) is 4.91. The molecular weight excluding hydrogens is 328 g/mol. The normalized spacial score (nSPS) is 18.3. The van der Waals surface area contributed by atoms with Gasteiger partial charge in [0.05, 0.1) is 5.69 Å². The summed E-state index contributed by atoms with van der Waals surface area (Å²) in [6, 6.07) is 8.24. The summed E-state index contributed by atoms with van der Waals surface area (Å²) in [5, 5.41) is 6.89. The molecule has 0 saturated heterocycles. The van der Waals surface area contributed by atoms with Gasteiger partial charge in [-0.3, -0.25) is 9.79 Å². The van der Waals surface area contributed by atoms with E-state index < -0.39 is 0 Å². The van der Waals surface area contributed by atoms with Crippen molar-refractivity contribution in [2.75, 3.05) is 31.1 Å². The van der Waals surface area contributed by atoms with E-state index in [2.05, 4.69) is 17.6 Å². The summed E-state index contributed by atoms with van der Waals surface area (Å²) < 4.78 is 5.49. The van der Waals surface area contributed by atoms with Gasteiger partial charge in [-0.1, -0.05) is 31.4 Å². The molecule has 0 bridgehead atoms. The molecule has 1 aromatic carbocycles. The average molecular weight is 358 g/mol. The van der Waals surface area contributed by atoms with E-state index in [0.717, 1.165) is 30.4 Å². The molecule has 142 valence electrons. The van der Waals surface area contributed by atoms with Gasteiger partial charge < -0.3 is 20.3 Å². The lowest BCUT2D eigenvalue weighted by atomic mass is 9.96. The minimum atomic E-state index is 0.0138. The van der Waals surface area contributed by atoms with Gasteiger partial charge in [-0.15, -0.1) is 0 Å². The number of aliphatic imine (C=N–C) groups is 1. The van der Waals surface area contributed by atoms with E-state index in [-0.39, 0.29) is 12.5 Å². The number of amides is 1. The number of ether oxygens (including phenoxy) is 1. The zero-order valence-electron chi connectivity index (χ0n) is 15.7. The van der Waals surface area contributed by atoms with Crippen molar-refractivity contribution in [2.24, 2.45) is 4.99 Å². The van der Waals surface area contributed by atoms with Crippen LogP contribution in [0.3, 0.4) is 0 Å². The number of nitrogens with one attached hydrogen (secondary N) is 2. The summed E-state index contributed by atoms with van der Waals surface area (Å²) in [7, 11) is 0. The van der Waals surface area contributed by atoms with E-state index >= 15 is 0 Å². The topological polar surface area (TPSA) is 66.0 Å². The largest absolute Gasteiger partial charge is 0.482 e. The van der Waals surface area contributed by atoms with Crippen molar-refractivity contribution in [1.29, 1.82) is 0 Å². The average Bonchev–Trinajstić information content (AvgIpc) is 2.67. The standard InChI is InChI=1S/C20H30N4O2/c1-2-21-20(23-16-9-4-3-5-10-16)22-13-8-14-24-17-11-6-7-12-18(17)26-15-19(24)25/h6-7,11-12,16H,2-5,8-10,13-15H2,1H3,(H2,21,22,23). The maximum Gasteiger partial charge on any atom is 0.265 e. The highest BCUT2D eigenvalue weighted by Crippen LogP contribution is 2.31. The van der Waals surface area contributed by atoms with Crippen LogP contribution in [0.2, 0.25) is 0 Å². The third-order valence-electron chi connectivity index (χ3n) is 4.91. The minimum Gasteiger partial charge on any atom is -0.482 e. The van der Waals surface area contributed by atoms with Crippen LogP contribution in [0.1, 0.15) is 45.4 Å². The Balaban J connectivity index is 1.52. The first kappa shape index (κ1) is 18.5. The van der Waals surface area contributed by atoms with Crippen molar-refractivity contribution in [1.82, 2.24) is 10.6 Å². The second-order valence-electron chi connectivity index (χ2n) is 6.90. The number of fused-ring (bicyclic) bond motifs is 1. The maximum absolute atomic E-state index is 12.2. The Kier molecular flexibility index (Phi) is 6.75. The van der Waals surface area contributed by atoms with Crippen LogP contribution >= 0.6 is 0 Å². The van der Waals surface area contributed by atoms with Crippen molar-refractivity contribution in [2.45, 2.75) is 51.5 Å². The van der Waals surface area contributed by atoms with Gasteiger partial charge in [0.2, 0.25) is 0 Å². The van der Waals surface area contributed by atoms with Gasteiger partial charge in [-0.05, 0) is 38.3 Å². The fraction of sp³-hybridized carbons (Fsp3) is 0.600. The number of guanidine groups is 1. The fourth-order valence-corrected chi connectivity index (χ4v) is 3.58. The summed E-state index contributed by atoms with van der Waals surface area (Å²) in [5.41, 5.74) is 0.861. The van der Waals surface area contributed by atoms with E-state index in [4.69, 9.17) is 9.73 Å². The number of para-hydroxylation sites is 2. The van der Waals surface area contributed by atoms with Gasteiger partial charge in [0.1, 0.15) is 5.75 Å². The second kappa shape index (κ2) is 9.46. The number of rotatable bonds is 6. The molecule has 1 fully saturated rings. The summed E-state index contributed by atoms with van der Waals surface area (Å²) in [4.78, 5) is 18.7. The predicted octanol–water partition coefficient (Wildman–Crippen LogP) is 2.69. The van der Waals surface area contributed by atoms with Crippen LogP contribution < -0.4 is 20.3 Å². The summed E-state index contributed by atoms with van der Waals surface area (Å²) >= 11 is 0. The lowest BCUT2D eigenvalue weighted by Crippen LogP contribution is -2.44. The van der Waals surface area contributed by atoms with Gasteiger partial charge in [0.25, 0.3) is 5.91 Å². The van der Waals surface area contributed by atoms with Crippen LogP contribution in [0, 0.1) is 0 Å². The Morgan fingerprint density at radius 2 is 2.08 bits per heavy atom. The molecule has 1 aliphatic heterocycles. The molecule has 26 heavy (non-hydrogen) atoms.